The molecule has 1 heterocycles. The molecule has 1 amide bonds. The molecule has 1 aliphatic carbocycles. The van der Waals surface area contributed by atoms with Crippen LogP contribution in [0.25, 0.3) is 5.57 Å². The van der Waals surface area contributed by atoms with Gasteiger partial charge < -0.3 is 16.4 Å². The summed E-state index contributed by atoms with van der Waals surface area (Å²) < 4.78 is 0. The highest BCUT2D eigenvalue weighted by atomic mass is 16.1. The highest BCUT2D eigenvalue weighted by Gasteiger charge is 2.41. The highest BCUT2D eigenvalue weighted by molar-refractivity contribution is 5.80. The Hall–Kier alpha value is -1.81. The van der Waals surface area contributed by atoms with E-state index in [4.69, 9.17) is 11.5 Å². The number of amides is 1. The average molecular weight is 271 g/mol. The maximum Gasteiger partial charge on any atom is 0.221 e. The Morgan fingerprint density at radius 2 is 2.20 bits per heavy atom. The summed E-state index contributed by atoms with van der Waals surface area (Å²) in [6.07, 6.45) is 1.72. The second-order valence-electron chi connectivity index (χ2n) is 6.07. The maximum atomic E-state index is 11.6. The average Bonchev–Trinajstić information content (AvgIpc) is 2.39. The third kappa shape index (κ3) is 1.91. The topological polar surface area (TPSA) is 72.4 Å². The van der Waals surface area contributed by atoms with E-state index in [-0.39, 0.29) is 11.8 Å². The van der Waals surface area contributed by atoms with Crippen molar-refractivity contribution in [3.63, 3.8) is 0 Å². The largest absolute Gasteiger partial charge is 0.398 e. The molecule has 4 heteroatoms. The smallest absolute Gasteiger partial charge is 0.221 e. The van der Waals surface area contributed by atoms with Crippen molar-refractivity contribution in [1.82, 2.24) is 4.90 Å². The lowest BCUT2D eigenvalue weighted by molar-refractivity contribution is -0.124. The van der Waals surface area contributed by atoms with Crippen molar-refractivity contribution in [3.05, 3.63) is 35.9 Å². The molecule has 0 bridgehead atoms. The second-order valence-corrected chi connectivity index (χ2v) is 6.07. The number of hydrogen-bond donors (Lipinski definition) is 2. The fraction of sp³-hybridized carbons (Fsp3) is 0.438. The molecule has 2 aliphatic rings. The van der Waals surface area contributed by atoms with Gasteiger partial charge in [-0.1, -0.05) is 18.7 Å². The lowest BCUT2D eigenvalue weighted by Gasteiger charge is -2.46. The molecule has 0 saturated carbocycles. The molecular formula is C16H21N3O. The number of fused-ring (bicyclic) bond motifs is 3. The van der Waals surface area contributed by atoms with E-state index in [9.17, 15) is 4.79 Å². The first-order valence-corrected chi connectivity index (χ1v) is 7.05. The number of nitrogen functional groups attached to an aromatic ring is 1. The van der Waals surface area contributed by atoms with Crippen molar-refractivity contribution in [1.29, 1.82) is 0 Å². The summed E-state index contributed by atoms with van der Waals surface area (Å²) in [7, 11) is 2.07. The molecule has 4 nitrogen and oxygen atoms in total. The molecule has 4 N–H and O–H groups in total. The summed E-state index contributed by atoms with van der Waals surface area (Å²) in [4.78, 5) is 13.8. The summed E-state index contributed by atoms with van der Waals surface area (Å²) in [5.41, 5.74) is 15.8. The summed E-state index contributed by atoms with van der Waals surface area (Å²) in [5.74, 6) is 0.0299. The molecule has 1 aromatic carbocycles. The minimum Gasteiger partial charge on any atom is -0.398 e. The monoisotopic (exact) mass is 271 g/mol. The summed E-state index contributed by atoms with van der Waals surface area (Å²) in [6.45, 7) is 4.94. The van der Waals surface area contributed by atoms with Gasteiger partial charge in [0.05, 0.1) is 5.92 Å². The number of anilines is 1. The van der Waals surface area contributed by atoms with Crippen molar-refractivity contribution in [2.24, 2.45) is 11.7 Å². The molecule has 0 radical (unpaired) electrons. The van der Waals surface area contributed by atoms with Crippen LogP contribution < -0.4 is 11.5 Å². The minimum absolute atomic E-state index is 0.0816. The number of carbonyl (C=O) groups excluding carboxylic acids is 1. The highest BCUT2D eigenvalue weighted by Crippen LogP contribution is 2.46. The van der Waals surface area contributed by atoms with Crippen molar-refractivity contribution in [2.45, 2.75) is 24.8 Å². The number of nitrogens with two attached hydrogens (primary N) is 2. The fourth-order valence-electron chi connectivity index (χ4n) is 3.83. The Bertz CT molecular complexity index is 581. The molecule has 2 unspecified atom stereocenters. The van der Waals surface area contributed by atoms with Gasteiger partial charge in [-0.05, 0) is 37.1 Å². The zero-order chi connectivity index (χ0) is 14.4. The standard InChI is InChI=1S/C16H21N3O/c1-9-6-14-12(7-10(16(18)20)8-19(14)2)11-4-3-5-13(17)15(9)11/h3-5,10,12,14H,1,6-8,17H2,2H3,(H2,18,20)/t10-,12?,14?/m1/s1. The van der Waals surface area contributed by atoms with Crippen molar-refractivity contribution >= 4 is 17.2 Å². The van der Waals surface area contributed by atoms with E-state index in [0.29, 0.717) is 12.0 Å². The van der Waals surface area contributed by atoms with Gasteiger partial charge >= 0.3 is 0 Å². The molecule has 20 heavy (non-hydrogen) atoms. The number of nitrogens with zero attached hydrogens (tertiary/aromatic N) is 1. The molecule has 106 valence electrons. The van der Waals surface area contributed by atoms with Crippen LogP contribution in [-0.4, -0.2) is 30.4 Å². The number of primary amides is 1. The van der Waals surface area contributed by atoms with Gasteiger partial charge in [-0.25, -0.2) is 0 Å². The van der Waals surface area contributed by atoms with Crippen LogP contribution in [0.3, 0.4) is 0 Å². The normalized spacial score (nSPS) is 29.6. The number of hydrogen-bond acceptors (Lipinski definition) is 3. The van der Waals surface area contributed by atoms with E-state index in [2.05, 4.69) is 24.6 Å². The van der Waals surface area contributed by atoms with Crippen LogP contribution in [0.5, 0.6) is 0 Å². The van der Waals surface area contributed by atoms with Gasteiger partial charge in [0.25, 0.3) is 0 Å². The quantitative estimate of drug-likeness (QED) is 0.762. The SMILES string of the molecule is C=C1CC2C(C[C@@H](C(N)=O)CN2C)c2cccc(N)c21. The first kappa shape index (κ1) is 13.2. The third-order valence-electron chi connectivity index (χ3n) is 4.82. The molecule has 1 aliphatic heterocycles. The van der Waals surface area contributed by atoms with Crippen LogP contribution in [0.4, 0.5) is 5.69 Å². The van der Waals surface area contributed by atoms with E-state index in [1.54, 1.807) is 0 Å². The predicted octanol–water partition coefficient (Wildman–Crippen LogP) is 1.57. The second kappa shape index (κ2) is 4.63. The molecule has 0 aromatic heterocycles. The predicted molar refractivity (Wildman–Crippen MR) is 81.0 cm³/mol. The summed E-state index contributed by atoms with van der Waals surface area (Å²) in [6, 6.07) is 6.41. The van der Waals surface area contributed by atoms with Crippen LogP contribution >= 0.6 is 0 Å². The van der Waals surface area contributed by atoms with Crippen molar-refractivity contribution in [3.8, 4) is 0 Å². The summed E-state index contributed by atoms with van der Waals surface area (Å²) >= 11 is 0. The number of piperidine rings is 1. The number of benzene rings is 1. The molecule has 3 atom stereocenters. The molecular weight excluding hydrogens is 250 g/mol. The molecule has 3 rings (SSSR count). The van der Waals surface area contributed by atoms with E-state index < -0.39 is 0 Å². The number of carbonyl (C=O) groups is 1. The number of likely N-dealkylation sites (tertiary alicyclic amines) is 1. The first-order chi connectivity index (χ1) is 9.49. The van der Waals surface area contributed by atoms with Crippen LogP contribution in [0, 0.1) is 5.92 Å². The zero-order valence-corrected chi connectivity index (χ0v) is 11.8. The van der Waals surface area contributed by atoms with Crippen LogP contribution in [0.1, 0.15) is 29.9 Å². The van der Waals surface area contributed by atoms with Crippen LogP contribution in [0.15, 0.2) is 24.8 Å². The van der Waals surface area contributed by atoms with Crippen LogP contribution in [-0.2, 0) is 4.79 Å². The number of rotatable bonds is 1. The summed E-state index contributed by atoms with van der Waals surface area (Å²) in [5, 5.41) is 0. The van der Waals surface area contributed by atoms with E-state index in [1.807, 2.05) is 12.1 Å². The first-order valence-electron chi connectivity index (χ1n) is 7.05. The van der Waals surface area contributed by atoms with Gasteiger partial charge in [-0.2, -0.15) is 0 Å². The van der Waals surface area contributed by atoms with Crippen molar-refractivity contribution in [2.75, 3.05) is 19.3 Å². The Balaban J connectivity index is 2.06. The van der Waals surface area contributed by atoms with Crippen LogP contribution in [0.2, 0.25) is 0 Å². The molecule has 0 spiro atoms. The molecule has 1 aromatic rings. The third-order valence-corrected chi connectivity index (χ3v) is 4.82. The van der Waals surface area contributed by atoms with E-state index >= 15 is 0 Å². The van der Waals surface area contributed by atoms with Gasteiger partial charge in [-0.15, -0.1) is 0 Å². The minimum atomic E-state index is -0.204. The Kier molecular flexibility index (Phi) is 3.05. The van der Waals surface area contributed by atoms with Gasteiger partial charge in [-0.3, -0.25) is 4.79 Å². The van der Waals surface area contributed by atoms with E-state index in [1.165, 1.54) is 5.56 Å². The van der Waals surface area contributed by atoms with Crippen molar-refractivity contribution < 1.29 is 4.79 Å². The van der Waals surface area contributed by atoms with Gasteiger partial charge in [0.15, 0.2) is 0 Å². The van der Waals surface area contributed by atoms with Gasteiger partial charge in [0, 0.05) is 29.8 Å². The van der Waals surface area contributed by atoms with Gasteiger partial charge in [0.2, 0.25) is 5.91 Å². The Morgan fingerprint density at radius 1 is 1.45 bits per heavy atom. The van der Waals surface area contributed by atoms with E-state index in [0.717, 1.165) is 36.2 Å². The number of likely N-dealkylation sites (N-methyl/N-ethyl adjacent to an activating group) is 1. The lowest BCUT2D eigenvalue weighted by Crippen LogP contribution is -2.50. The Morgan fingerprint density at radius 3 is 2.90 bits per heavy atom. The lowest BCUT2D eigenvalue weighted by atomic mass is 9.70. The maximum absolute atomic E-state index is 11.6. The molecule has 1 fully saturated rings. The van der Waals surface area contributed by atoms with Gasteiger partial charge in [0.1, 0.15) is 0 Å². The zero-order valence-electron chi connectivity index (χ0n) is 11.8. The molecule has 1 saturated heterocycles. The Labute approximate surface area is 119 Å². The fourth-order valence-corrected chi connectivity index (χ4v) is 3.83.